The van der Waals surface area contributed by atoms with E-state index in [-0.39, 0.29) is 0 Å². The fourth-order valence-corrected chi connectivity index (χ4v) is 3.05. The van der Waals surface area contributed by atoms with Crippen LogP contribution in [0.25, 0.3) is 10.2 Å². The molecule has 1 aliphatic heterocycles. The van der Waals surface area contributed by atoms with Crippen molar-refractivity contribution >= 4 is 33.0 Å². The largest absolute Gasteiger partial charge is 0.371 e. The van der Waals surface area contributed by atoms with Gasteiger partial charge in [-0.3, -0.25) is 4.79 Å². The van der Waals surface area contributed by atoms with Gasteiger partial charge in [0.25, 0.3) is 0 Å². The van der Waals surface area contributed by atoms with Crippen molar-refractivity contribution in [3.63, 3.8) is 0 Å². The van der Waals surface area contributed by atoms with Crippen LogP contribution in [-0.4, -0.2) is 23.9 Å². The van der Waals surface area contributed by atoms with Gasteiger partial charge in [-0.1, -0.05) is 0 Å². The fourth-order valence-electron chi connectivity index (χ4n) is 2.24. The molecule has 4 heteroatoms. The highest BCUT2D eigenvalue weighted by Crippen LogP contribution is 2.27. The molecule has 0 atom stereocenters. The Kier molecular flexibility index (Phi) is 2.59. The summed E-state index contributed by atoms with van der Waals surface area (Å²) in [6.45, 7) is 3.71. The van der Waals surface area contributed by atoms with E-state index in [1.54, 1.807) is 11.3 Å². The summed E-state index contributed by atoms with van der Waals surface area (Å²) in [5, 5.41) is 1.10. The Hall–Kier alpha value is -1.42. The number of nitrogens with zero attached hydrogens (tertiary/aromatic N) is 2. The van der Waals surface area contributed by atoms with E-state index in [2.05, 4.69) is 28.1 Å². The molecule has 1 saturated heterocycles. The molecular weight excluding hydrogens is 232 g/mol. The maximum Gasteiger partial charge on any atom is 0.136 e. The number of anilines is 1. The smallest absolute Gasteiger partial charge is 0.136 e. The molecule has 2 aromatic rings. The first kappa shape index (κ1) is 10.7. The summed E-state index contributed by atoms with van der Waals surface area (Å²) in [6.07, 6.45) is 1.35. The Morgan fingerprint density at radius 1 is 1.29 bits per heavy atom. The van der Waals surface area contributed by atoms with Crippen molar-refractivity contribution in [3.8, 4) is 0 Å². The maximum absolute atomic E-state index is 11.2. The van der Waals surface area contributed by atoms with Gasteiger partial charge in [0.1, 0.15) is 5.78 Å². The number of carbonyl (C=O) groups is 1. The molecule has 1 aromatic heterocycles. The van der Waals surface area contributed by atoms with Crippen LogP contribution in [0, 0.1) is 6.92 Å². The van der Waals surface area contributed by atoms with Crippen LogP contribution in [0.3, 0.4) is 0 Å². The van der Waals surface area contributed by atoms with Crippen LogP contribution < -0.4 is 4.90 Å². The Bertz CT molecular complexity index is 566. The SMILES string of the molecule is Cc1nc2cc(N3CCC(=O)CC3)ccc2s1. The van der Waals surface area contributed by atoms with E-state index in [1.165, 1.54) is 10.4 Å². The van der Waals surface area contributed by atoms with E-state index >= 15 is 0 Å². The molecule has 0 N–H and O–H groups in total. The molecule has 1 fully saturated rings. The van der Waals surface area contributed by atoms with Crippen LogP contribution in [0.2, 0.25) is 0 Å². The van der Waals surface area contributed by atoms with Gasteiger partial charge in [0.2, 0.25) is 0 Å². The Morgan fingerprint density at radius 3 is 2.82 bits per heavy atom. The summed E-state index contributed by atoms with van der Waals surface area (Å²) in [5.74, 6) is 0.381. The van der Waals surface area contributed by atoms with Crippen LogP contribution in [-0.2, 0) is 4.79 Å². The van der Waals surface area contributed by atoms with Crippen molar-refractivity contribution in [1.82, 2.24) is 4.98 Å². The van der Waals surface area contributed by atoms with Gasteiger partial charge >= 0.3 is 0 Å². The second-order valence-electron chi connectivity index (χ2n) is 4.41. The number of ketones is 1. The van der Waals surface area contributed by atoms with Gasteiger partial charge in [-0.2, -0.15) is 0 Å². The molecule has 2 heterocycles. The van der Waals surface area contributed by atoms with Crippen molar-refractivity contribution in [2.24, 2.45) is 0 Å². The minimum Gasteiger partial charge on any atom is -0.371 e. The molecular formula is C13H14N2OS. The molecule has 1 aromatic carbocycles. The Balaban J connectivity index is 1.92. The normalized spacial score (nSPS) is 16.8. The molecule has 88 valence electrons. The predicted molar refractivity (Wildman–Crippen MR) is 70.8 cm³/mol. The molecule has 3 rings (SSSR count). The first-order chi connectivity index (χ1) is 8.22. The summed E-state index contributed by atoms with van der Waals surface area (Å²) < 4.78 is 1.24. The second kappa shape index (κ2) is 4.11. The molecule has 3 nitrogen and oxygen atoms in total. The lowest BCUT2D eigenvalue weighted by atomic mass is 10.1. The van der Waals surface area contributed by atoms with Crippen molar-refractivity contribution in [2.75, 3.05) is 18.0 Å². The van der Waals surface area contributed by atoms with Gasteiger partial charge in [-0.05, 0) is 25.1 Å². The van der Waals surface area contributed by atoms with Crippen LogP contribution in [0.15, 0.2) is 18.2 Å². The predicted octanol–water partition coefficient (Wildman–Crippen LogP) is 2.77. The number of carbonyl (C=O) groups excluding carboxylic acids is 1. The lowest BCUT2D eigenvalue weighted by molar-refractivity contribution is -0.119. The highest BCUT2D eigenvalue weighted by atomic mass is 32.1. The number of hydrogen-bond acceptors (Lipinski definition) is 4. The Morgan fingerprint density at radius 2 is 2.06 bits per heavy atom. The number of piperidine rings is 1. The number of benzene rings is 1. The summed E-state index contributed by atoms with van der Waals surface area (Å²) in [4.78, 5) is 18.0. The van der Waals surface area contributed by atoms with Crippen molar-refractivity contribution < 1.29 is 4.79 Å². The third-order valence-electron chi connectivity index (χ3n) is 3.16. The van der Waals surface area contributed by atoms with Crippen molar-refractivity contribution in [1.29, 1.82) is 0 Å². The van der Waals surface area contributed by atoms with Gasteiger partial charge < -0.3 is 4.90 Å². The zero-order chi connectivity index (χ0) is 11.8. The van der Waals surface area contributed by atoms with E-state index in [0.717, 1.165) is 23.6 Å². The van der Waals surface area contributed by atoms with Gasteiger partial charge in [-0.25, -0.2) is 4.98 Å². The van der Waals surface area contributed by atoms with Crippen LogP contribution in [0.1, 0.15) is 17.8 Å². The average Bonchev–Trinajstić information content (AvgIpc) is 2.69. The molecule has 0 spiro atoms. The van der Waals surface area contributed by atoms with E-state index in [9.17, 15) is 4.79 Å². The number of Topliss-reactive ketones (excluding diaryl/α,β-unsaturated/α-hetero) is 1. The highest BCUT2D eigenvalue weighted by Gasteiger charge is 2.16. The third-order valence-corrected chi connectivity index (χ3v) is 4.12. The number of aromatic nitrogens is 1. The zero-order valence-electron chi connectivity index (χ0n) is 9.77. The highest BCUT2D eigenvalue weighted by molar-refractivity contribution is 7.18. The molecule has 0 amide bonds. The quantitative estimate of drug-likeness (QED) is 0.775. The number of rotatable bonds is 1. The van der Waals surface area contributed by atoms with Crippen molar-refractivity contribution in [3.05, 3.63) is 23.2 Å². The first-order valence-electron chi connectivity index (χ1n) is 5.86. The summed E-state index contributed by atoms with van der Waals surface area (Å²) in [6, 6.07) is 6.40. The number of hydrogen-bond donors (Lipinski definition) is 0. The lowest BCUT2D eigenvalue weighted by Gasteiger charge is -2.28. The summed E-state index contributed by atoms with van der Waals surface area (Å²) in [5.41, 5.74) is 2.26. The maximum atomic E-state index is 11.2. The van der Waals surface area contributed by atoms with E-state index in [4.69, 9.17) is 0 Å². The van der Waals surface area contributed by atoms with E-state index in [0.29, 0.717) is 18.6 Å². The summed E-state index contributed by atoms with van der Waals surface area (Å²) >= 11 is 1.72. The molecule has 1 aliphatic rings. The van der Waals surface area contributed by atoms with Crippen LogP contribution in [0.5, 0.6) is 0 Å². The molecule has 0 bridgehead atoms. The fraction of sp³-hybridized carbons (Fsp3) is 0.385. The summed E-state index contributed by atoms with van der Waals surface area (Å²) in [7, 11) is 0. The Labute approximate surface area is 104 Å². The van der Waals surface area contributed by atoms with Crippen LogP contribution >= 0.6 is 11.3 Å². The monoisotopic (exact) mass is 246 g/mol. The number of thiazole rings is 1. The van der Waals surface area contributed by atoms with E-state index in [1.807, 2.05) is 6.92 Å². The lowest BCUT2D eigenvalue weighted by Crippen LogP contribution is -2.33. The molecule has 0 unspecified atom stereocenters. The average molecular weight is 246 g/mol. The minimum absolute atomic E-state index is 0.381. The van der Waals surface area contributed by atoms with E-state index < -0.39 is 0 Å². The molecule has 0 radical (unpaired) electrons. The topological polar surface area (TPSA) is 33.2 Å². The van der Waals surface area contributed by atoms with Crippen LogP contribution in [0.4, 0.5) is 5.69 Å². The number of fused-ring (bicyclic) bond motifs is 1. The van der Waals surface area contributed by atoms with Gasteiger partial charge in [0, 0.05) is 31.6 Å². The van der Waals surface area contributed by atoms with Gasteiger partial charge in [0.05, 0.1) is 15.2 Å². The first-order valence-corrected chi connectivity index (χ1v) is 6.68. The molecule has 17 heavy (non-hydrogen) atoms. The zero-order valence-corrected chi connectivity index (χ0v) is 10.6. The van der Waals surface area contributed by atoms with Gasteiger partial charge in [0.15, 0.2) is 0 Å². The van der Waals surface area contributed by atoms with Gasteiger partial charge in [-0.15, -0.1) is 11.3 Å². The third kappa shape index (κ3) is 2.05. The second-order valence-corrected chi connectivity index (χ2v) is 5.65. The molecule has 0 saturated carbocycles. The number of aryl methyl sites for hydroxylation is 1. The van der Waals surface area contributed by atoms with Crippen molar-refractivity contribution in [2.45, 2.75) is 19.8 Å². The minimum atomic E-state index is 0.381. The molecule has 0 aliphatic carbocycles. The standard InChI is InChI=1S/C13H14N2OS/c1-9-14-12-8-10(2-3-13(12)17-9)15-6-4-11(16)5-7-15/h2-3,8H,4-7H2,1H3.